The second-order valence-corrected chi connectivity index (χ2v) is 3.47. The number of aromatic nitrogens is 2. The Labute approximate surface area is 87.9 Å². The molecule has 0 aliphatic heterocycles. The van der Waals surface area contributed by atoms with E-state index in [0.29, 0.717) is 21.8 Å². The van der Waals surface area contributed by atoms with E-state index in [1.807, 2.05) is 22.6 Å². The van der Waals surface area contributed by atoms with Crippen LogP contribution in [-0.2, 0) is 0 Å². The van der Waals surface area contributed by atoms with Crippen LogP contribution in [0.2, 0.25) is 0 Å². The highest BCUT2D eigenvalue weighted by Gasteiger charge is 2.02. The SMILES string of the molecule is O=c1[nH]cnc(NCCCl)c1I. The van der Waals surface area contributed by atoms with E-state index in [1.54, 1.807) is 0 Å². The highest BCUT2D eigenvalue weighted by Crippen LogP contribution is 2.07. The van der Waals surface area contributed by atoms with E-state index in [9.17, 15) is 4.79 Å². The molecule has 1 aromatic rings. The first kappa shape index (κ1) is 9.79. The first-order chi connectivity index (χ1) is 5.75. The summed E-state index contributed by atoms with van der Waals surface area (Å²) >= 11 is 7.40. The molecule has 0 fully saturated rings. The summed E-state index contributed by atoms with van der Waals surface area (Å²) < 4.78 is 0.556. The van der Waals surface area contributed by atoms with E-state index in [4.69, 9.17) is 11.6 Å². The van der Waals surface area contributed by atoms with Gasteiger partial charge in [0.25, 0.3) is 5.56 Å². The molecule has 0 aliphatic carbocycles. The first-order valence-corrected chi connectivity index (χ1v) is 4.90. The molecule has 1 heterocycles. The van der Waals surface area contributed by atoms with Crippen molar-refractivity contribution in [2.24, 2.45) is 0 Å². The molecule has 0 bridgehead atoms. The zero-order valence-corrected chi connectivity index (χ0v) is 9.02. The van der Waals surface area contributed by atoms with Gasteiger partial charge in [-0.25, -0.2) is 4.98 Å². The largest absolute Gasteiger partial charge is 0.368 e. The molecule has 12 heavy (non-hydrogen) atoms. The van der Waals surface area contributed by atoms with Crippen molar-refractivity contribution < 1.29 is 0 Å². The van der Waals surface area contributed by atoms with Crippen LogP contribution in [-0.4, -0.2) is 22.4 Å². The van der Waals surface area contributed by atoms with Crippen LogP contribution >= 0.6 is 34.2 Å². The van der Waals surface area contributed by atoms with Gasteiger partial charge in [-0.3, -0.25) is 4.79 Å². The fourth-order valence-corrected chi connectivity index (χ4v) is 1.25. The zero-order valence-electron chi connectivity index (χ0n) is 6.10. The van der Waals surface area contributed by atoms with Crippen LogP contribution in [0.25, 0.3) is 0 Å². The maximum absolute atomic E-state index is 11.0. The standard InChI is InChI=1S/C6H7ClIN3O/c7-1-2-9-5-4(8)6(12)11-3-10-5/h3H,1-2H2,(H2,9,10,11,12). The molecule has 0 spiro atoms. The summed E-state index contributed by atoms with van der Waals surface area (Å²) in [6.45, 7) is 0.605. The van der Waals surface area contributed by atoms with Gasteiger partial charge in [-0.1, -0.05) is 0 Å². The van der Waals surface area contributed by atoms with Gasteiger partial charge in [-0.15, -0.1) is 11.6 Å². The molecule has 0 atom stereocenters. The van der Waals surface area contributed by atoms with E-state index in [0.717, 1.165) is 0 Å². The molecular weight excluding hydrogens is 292 g/mol. The molecule has 2 N–H and O–H groups in total. The smallest absolute Gasteiger partial charge is 0.266 e. The van der Waals surface area contributed by atoms with Gasteiger partial charge in [0.2, 0.25) is 0 Å². The van der Waals surface area contributed by atoms with Crippen molar-refractivity contribution in [3.63, 3.8) is 0 Å². The quantitative estimate of drug-likeness (QED) is 0.647. The third-order valence-electron chi connectivity index (χ3n) is 1.18. The second kappa shape index (κ2) is 4.66. The van der Waals surface area contributed by atoms with Crippen LogP contribution in [0.15, 0.2) is 11.1 Å². The summed E-state index contributed by atoms with van der Waals surface area (Å²) in [6, 6.07) is 0. The summed E-state index contributed by atoms with van der Waals surface area (Å²) in [5.74, 6) is 1.07. The number of halogens is 2. The number of alkyl halides is 1. The number of H-pyrrole nitrogens is 1. The van der Waals surface area contributed by atoms with E-state index < -0.39 is 0 Å². The molecule has 1 rings (SSSR count). The Bertz CT molecular complexity index is 314. The van der Waals surface area contributed by atoms with Gasteiger partial charge in [-0.05, 0) is 22.6 Å². The predicted octanol–water partition coefficient (Wildman–Crippen LogP) is 1.03. The van der Waals surface area contributed by atoms with Crippen molar-refractivity contribution in [2.45, 2.75) is 0 Å². The van der Waals surface area contributed by atoms with Crippen LogP contribution in [0.3, 0.4) is 0 Å². The maximum atomic E-state index is 11.0. The van der Waals surface area contributed by atoms with E-state index in [-0.39, 0.29) is 5.56 Å². The fraction of sp³-hybridized carbons (Fsp3) is 0.333. The Morgan fingerprint density at radius 1 is 1.75 bits per heavy atom. The number of anilines is 1. The highest BCUT2D eigenvalue weighted by atomic mass is 127. The monoisotopic (exact) mass is 299 g/mol. The zero-order chi connectivity index (χ0) is 8.97. The Morgan fingerprint density at radius 3 is 3.17 bits per heavy atom. The summed E-state index contributed by atoms with van der Waals surface area (Å²) in [4.78, 5) is 17.4. The molecule has 0 aromatic carbocycles. The van der Waals surface area contributed by atoms with E-state index in [2.05, 4.69) is 15.3 Å². The van der Waals surface area contributed by atoms with Crippen LogP contribution < -0.4 is 10.9 Å². The third kappa shape index (κ3) is 2.34. The molecule has 0 aliphatic rings. The molecule has 0 unspecified atom stereocenters. The predicted molar refractivity (Wildman–Crippen MR) is 56.8 cm³/mol. The first-order valence-electron chi connectivity index (χ1n) is 3.28. The lowest BCUT2D eigenvalue weighted by Crippen LogP contribution is -2.15. The van der Waals surface area contributed by atoms with Gasteiger partial charge in [0, 0.05) is 12.4 Å². The Morgan fingerprint density at radius 2 is 2.50 bits per heavy atom. The molecule has 1 aromatic heterocycles. The van der Waals surface area contributed by atoms with Crippen LogP contribution in [0, 0.1) is 3.57 Å². The molecular formula is C6H7ClIN3O. The lowest BCUT2D eigenvalue weighted by Gasteiger charge is -2.02. The molecule has 6 heteroatoms. The normalized spacial score (nSPS) is 9.83. The average molecular weight is 299 g/mol. The highest BCUT2D eigenvalue weighted by molar-refractivity contribution is 14.1. The number of rotatable bonds is 3. The fourth-order valence-electron chi connectivity index (χ4n) is 0.672. The molecule has 4 nitrogen and oxygen atoms in total. The summed E-state index contributed by atoms with van der Waals surface area (Å²) in [5, 5.41) is 2.93. The second-order valence-electron chi connectivity index (χ2n) is 2.01. The van der Waals surface area contributed by atoms with E-state index >= 15 is 0 Å². The Hall–Kier alpha value is -0.300. The molecule has 0 saturated carbocycles. The van der Waals surface area contributed by atoms with Crippen molar-refractivity contribution in [1.29, 1.82) is 0 Å². The third-order valence-corrected chi connectivity index (χ3v) is 2.37. The summed E-state index contributed by atoms with van der Waals surface area (Å²) in [6.07, 6.45) is 1.36. The van der Waals surface area contributed by atoms with Gasteiger partial charge in [0.15, 0.2) is 0 Å². The van der Waals surface area contributed by atoms with Crippen molar-refractivity contribution in [2.75, 3.05) is 17.7 Å². The lowest BCUT2D eigenvalue weighted by molar-refractivity contribution is 1.07. The number of nitrogens with zero attached hydrogens (tertiary/aromatic N) is 1. The molecule has 0 saturated heterocycles. The number of nitrogens with one attached hydrogen (secondary N) is 2. The Balaban J connectivity index is 2.85. The summed E-state index contributed by atoms with van der Waals surface area (Å²) in [7, 11) is 0. The number of hydrogen-bond acceptors (Lipinski definition) is 3. The average Bonchev–Trinajstić information content (AvgIpc) is 2.08. The summed E-state index contributed by atoms with van der Waals surface area (Å²) in [5.41, 5.74) is -0.136. The van der Waals surface area contributed by atoms with Crippen LogP contribution in [0.5, 0.6) is 0 Å². The van der Waals surface area contributed by atoms with Crippen molar-refractivity contribution in [3.05, 3.63) is 20.3 Å². The van der Waals surface area contributed by atoms with Gasteiger partial charge < -0.3 is 10.3 Å². The van der Waals surface area contributed by atoms with E-state index in [1.165, 1.54) is 6.33 Å². The van der Waals surface area contributed by atoms with Gasteiger partial charge in [0.05, 0.1) is 6.33 Å². The molecule has 0 amide bonds. The topological polar surface area (TPSA) is 57.8 Å². The maximum Gasteiger partial charge on any atom is 0.266 e. The van der Waals surface area contributed by atoms with Gasteiger partial charge >= 0.3 is 0 Å². The van der Waals surface area contributed by atoms with Crippen LogP contribution in [0.1, 0.15) is 0 Å². The molecule has 0 radical (unpaired) electrons. The number of aromatic amines is 1. The van der Waals surface area contributed by atoms with Crippen molar-refractivity contribution in [1.82, 2.24) is 9.97 Å². The van der Waals surface area contributed by atoms with Crippen LogP contribution in [0.4, 0.5) is 5.82 Å². The van der Waals surface area contributed by atoms with Gasteiger partial charge in [0.1, 0.15) is 9.39 Å². The minimum Gasteiger partial charge on any atom is -0.368 e. The molecule has 66 valence electrons. The lowest BCUT2D eigenvalue weighted by atomic mass is 10.5. The minimum atomic E-state index is -0.136. The minimum absolute atomic E-state index is 0.136. The van der Waals surface area contributed by atoms with Crippen molar-refractivity contribution in [3.8, 4) is 0 Å². The van der Waals surface area contributed by atoms with Gasteiger partial charge in [-0.2, -0.15) is 0 Å². The number of hydrogen-bond donors (Lipinski definition) is 2. The van der Waals surface area contributed by atoms with Crippen molar-refractivity contribution >= 4 is 40.0 Å². The Kier molecular flexibility index (Phi) is 3.80.